The summed E-state index contributed by atoms with van der Waals surface area (Å²) in [6.07, 6.45) is 1.68. The van der Waals surface area contributed by atoms with Gasteiger partial charge in [0, 0.05) is 5.69 Å². The van der Waals surface area contributed by atoms with Gasteiger partial charge in [-0.1, -0.05) is 42.1 Å². The summed E-state index contributed by atoms with van der Waals surface area (Å²) in [7, 11) is 0. The van der Waals surface area contributed by atoms with Gasteiger partial charge in [0.2, 0.25) is 5.91 Å². The minimum absolute atomic E-state index is 0.0602. The van der Waals surface area contributed by atoms with E-state index in [1.165, 1.54) is 11.8 Å². The molecular weight excluding hydrogens is 332 g/mol. The van der Waals surface area contributed by atoms with Crippen molar-refractivity contribution >= 4 is 23.4 Å². The van der Waals surface area contributed by atoms with Crippen molar-refractivity contribution in [3.63, 3.8) is 0 Å². The second-order valence-corrected chi connectivity index (χ2v) is 7.20. The van der Waals surface area contributed by atoms with Crippen LogP contribution < -0.4 is 5.32 Å². The molecule has 25 heavy (non-hydrogen) atoms. The maximum Gasteiger partial charge on any atom is 0.237 e. The molecule has 1 atom stereocenters. The lowest BCUT2D eigenvalue weighted by Gasteiger charge is -2.13. The van der Waals surface area contributed by atoms with Gasteiger partial charge in [-0.2, -0.15) is 0 Å². The van der Waals surface area contributed by atoms with E-state index in [1.54, 1.807) is 6.33 Å². The highest BCUT2D eigenvalue weighted by atomic mass is 32.2. The van der Waals surface area contributed by atoms with Crippen LogP contribution in [0.1, 0.15) is 18.1 Å². The third kappa shape index (κ3) is 4.09. The summed E-state index contributed by atoms with van der Waals surface area (Å²) in [6, 6.07) is 15.8. The number of aryl methyl sites for hydroxylation is 2. The highest BCUT2D eigenvalue weighted by Gasteiger charge is 2.19. The Labute approximate surface area is 151 Å². The number of nitrogens with zero attached hydrogens (tertiary/aromatic N) is 3. The lowest BCUT2D eigenvalue weighted by atomic mass is 10.2. The van der Waals surface area contributed by atoms with Crippen molar-refractivity contribution < 1.29 is 4.79 Å². The van der Waals surface area contributed by atoms with Crippen LogP contribution in [0.15, 0.2) is 60.0 Å². The van der Waals surface area contributed by atoms with Crippen molar-refractivity contribution in [3.05, 3.63) is 66.0 Å². The third-order valence-corrected chi connectivity index (χ3v) is 4.89. The van der Waals surface area contributed by atoms with E-state index in [9.17, 15) is 4.79 Å². The number of hydrogen-bond acceptors (Lipinski definition) is 4. The Hall–Kier alpha value is -2.60. The zero-order valence-electron chi connectivity index (χ0n) is 14.4. The summed E-state index contributed by atoms with van der Waals surface area (Å²) >= 11 is 1.39. The molecule has 128 valence electrons. The van der Waals surface area contributed by atoms with Crippen LogP contribution in [0.25, 0.3) is 5.69 Å². The summed E-state index contributed by atoms with van der Waals surface area (Å²) in [5.41, 5.74) is 4.05. The van der Waals surface area contributed by atoms with Crippen molar-refractivity contribution in [2.45, 2.75) is 31.2 Å². The number of nitrogens with one attached hydrogen (secondary N) is 1. The standard InChI is InChI=1S/C19H20N4OS/c1-13-7-6-9-16(11-13)21-18(24)15(3)25-19-22-20-12-23(19)17-10-5-4-8-14(17)2/h4-12,15H,1-3H3,(H,21,24). The normalized spacial score (nSPS) is 12.0. The summed E-state index contributed by atoms with van der Waals surface area (Å²) in [4.78, 5) is 12.5. The van der Waals surface area contributed by atoms with E-state index in [-0.39, 0.29) is 11.2 Å². The first-order valence-corrected chi connectivity index (χ1v) is 8.93. The average molecular weight is 352 g/mol. The van der Waals surface area contributed by atoms with Gasteiger partial charge in [-0.15, -0.1) is 10.2 Å². The topological polar surface area (TPSA) is 59.8 Å². The molecule has 6 heteroatoms. The number of thioether (sulfide) groups is 1. The Morgan fingerprint density at radius 3 is 2.72 bits per heavy atom. The lowest BCUT2D eigenvalue weighted by molar-refractivity contribution is -0.115. The number of rotatable bonds is 5. The number of para-hydroxylation sites is 1. The van der Waals surface area contributed by atoms with Gasteiger partial charge in [0.25, 0.3) is 0 Å². The fraction of sp³-hybridized carbons (Fsp3) is 0.211. The van der Waals surface area contributed by atoms with Crippen molar-refractivity contribution in [3.8, 4) is 5.69 Å². The maximum atomic E-state index is 12.5. The predicted molar refractivity (Wildman–Crippen MR) is 101 cm³/mol. The van der Waals surface area contributed by atoms with Crippen LogP contribution >= 0.6 is 11.8 Å². The molecule has 1 aromatic heterocycles. The van der Waals surface area contributed by atoms with Gasteiger partial charge in [-0.05, 0) is 50.1 Å². The molecule has 0 aliphatic heterocycles. The van der Waals surface area contributed by atoms with Crippen molar-refractivity contribution in [2.75, 3.05) is 5.32 Å². The van der Waals surface area contributed by atoms with Crippen LogP contribution in [0, 0.1) is 13.8 Å². The van der Waals surface area contributed by atoms with Gasteiger partial charge in [-0.25, -0.2) is 0 Å². The van der Waals surface area contributed by atoms with Crippen molar-refractivity contribution in [2.24, 2.45) is 0 Å². The molecule has 0 spiro atoms. The van der Waals surface area contributed by atoms with Crippen LogP contribution in [0.2, 0.25) is 0 Å². The summed E-state index contributed by atoms with van der Waals surface area (Å²) in [5, 5.41) is 11.5. The number of anilines is 1. The zero-order valence-corrected chi connectivity index (χ0v) is 15.2. The summed E-state index contributed by atoms with van der Waals surface area (Å²) in [6.45, 7) is 5.91. The van der Waals surface area contributed by atoms with Crippen LogP contribution in [0.4, 0.5) is 5.69 Å². The second-order valence-electron chi connectivity index (χ2n) is 5.89. The van der Waals surface area contributed by atoms with Gasteiger partial charge in [0.15, 0.2) is 5.16 Å². The second kappa shape index (κ2) is 7.53. The molecule has 0 radical (unpaired) electrons. The molecule has 0 aliphatic carbocycles. The molecule has 0 bridgehead atoms. The highest BCUT2D eigenvalue weighted by Crippen LogP contribution is 2.26. The predicted octanol–water partition coefficient (Wildman–Crippen LogP) is 4.00. The van der Waals surface area contributed by atoms with Gasteiger partial charge in [-0.3, -0.25) is 9.36 Å². The van der Waals surface area contributed by atoms with Crippen LogP contribution in [-0.4, -0.2) is 25.9 Å². The maximum absolute atomic E-state index is 12.5. The number of hydrogen-bond donors (Lipinski definition) is 1. The fourth-order valence-corrected chi connectivity index (χ4v) is 3.32. The fourth-order valence-electron chi connectivity index (χ4n) is 2.48. The van der Waals surface area contributed by atoms with Crippen LogP contribution in [0.5, 0.6) is 0 Å². The Bertz CT molecular complexity index is 890. The number of amides is 1. The Kier molecular flexibility index (Phi) is 5.19. The Morgan fingerprint density at radius 2 is 1.96 bits per heavy atom. The van der Waals surface area contributed by atoms with Crippen molar-refractivity contribution in [1.82, 2.24) is 14.8 Å². The first kappa shape index (κ1) is 17.2. The summed E-state index contributed by atoms with van der Waals surface area (Å²) in [5.74, 6) is -0.0602. The molecule has 0 saturated carbocycles. The molecule has 1 amide bonds. The van der Waals surface area contributed by atoms with E-state index in [1.807, 2.05) is 73.9 Å². The third-order valence-electron chi connectivity index (χ3n) is 3.83. The molecule has 0 fully saturated rings. The molecule has 0 aliphatic rings. The average Bonchev–Trinajstić information content (AvgIpc) is 3.03. The Morgan fingerprint density at radius 1 is 1.16 bits per heavy atom. The molecule has 3 rings (SSSR count). The number of carbonyl (C=O) groups is 1. The zero-order chi connectivity index (χ0) is 17.8. The quantitative estimate of drug-likeness (QED) is 0.705. The largest absolute Gasteiger partial charge is 0.325 e. The van der Waals surface area contributed by atoms with Crippen LogP contribution in [-0.2, 0) is 4.79 Å². The van der Waals surface area contributed by atoms with Gasteiger partial charge in [0.05, 0.1) is 10.9 Å². The minimum atomic E-state index is -0.299. The van der Waals surface area contributed by atoms with Crippen LogP contribution in [0.3, 0.4) is 0 Å². The molecule has 3 aromatic rings. The Balaban J connectivity index is 1.74. The van der Waals surface area contributed by atoms with Gasteiger partial charge in [0.1, 0.15) is 6.33 Å². The number of carbonyl (C=O) groups excluding carboxylic acids is 1. The smallest absolute Gasteiger partial charge is 0.237 e. The molecule has 1 heterocycles. The van der Waals surface area contributed by atoms with E-state index in [4.69, 9.17) is 0 Å². The van der Waals surface area contributed by atoms with E-state index < -0.39 is 0 Å². The van der Waals surface area contributed by atoms with Gasteiger partial charge < -0.3 is 5.32 Å². The first-order chi connectivity index (χ1) is 12.0. The highest BCUT2D eigenvalue weighted by molar-refractivity contribution is 8.00. The number of aromatic nitrogens is 3. The van der Waals surface area contributed by atoms with E-state index in [0.717, 1.165) is 22.5 Å². The number of benzene rings is 2. The van der Waals surface area contributed by atoms with Gasteiger partial charge >= 0.3 is 0 Å². The molecule has 1 unspecified atom stereocenters. The SMILES string of the molecule is Cc1cccc(NC(=O)C(C)Sc2nncn2-c2ccccc2C)c1. The van der Waals surface area contributed by atoms with Crippen molar-refractivity contribution in [1.29, 1.82) is 0 Å². The van der Waals surface area contributed by atoms with E-state index in [2.05, 4.69) is 15.5 Å². The molecule has 2 aromatic carbocycles. The van der Waals surface area contributed by atoms with E-state index >= 15 is 0 Å². The molecular formula is C19H20N4OS. The van der Waals surface area contributed by atoms with E-state index in [0.29, 0.717) is 5.16 Å². The molecule has 0 saturated heterocycles. The molecule has 5 nitrogen and oxygen atoms in total. The summed E-state index contributed by atoms with van der Waals surface area (Å²) < 4.78 is 1.91. The monoisotopic (exact) mass is 352 g/mol. The first-order valence-electron chi connectivity index (χ1n) is 8.05. The molecule has 1 N–H and O–H groups in total. The minimum Gasteiger partial charge on any atom is -0.325 e. The lowest BCUT2D eigenvalue weighted by Crippen LogP contribution is -2.22.